The number of amides is 1. The number of sulfone groups is 1. The molecule has 1 aromatic rings. The number of alkyl halides is 3. The number of hydrogen-bond acceptors (Lipinski definition) is 5. The van der Waals surface area contributed by atoms with Gasteiger partial charge in [0.2, 0.25) is 5.91 Å². The number of anilines is 1. The summed E-state index contributed by atoms with van der Waals surface area (Å²) in [5.74, 6) is -1.11. The van der Waals surface area contributed by atoms with Crippen molar-refractivity contribution in [2.45, 2.75) is 30.8 Å². The highest BCUT2D eigenvalue weighted by atomic mass is 32.2. The summed E-state index contributed by atoms with van der Waals surface area (Å²) >= 11 is 0.503. The van der Waals surface area contributed by atoms with Crippen molar-refractivity contribution in [1.82, 2.24) is 9.78 Å². The molecule has 0 bridgehead atoms. The Bertz CT molecular complexity index is 758. The van der Waals surface area contributed by atoms with E-state index in [1.807, 2.05) is 0 Å². The van der Waals surface area contributed by atoms with Gasteiger partial charge in [-0.15, -0.1) is 11.8 Å². The lowest BCUT2D eigenvalue weighted by Gasteiger charge is -2.18. The van der Waals surface area contributed by atoms with Crippen molar-refractivity contribution in [3.63, 3.8) is 0 Å². The van der Waals surface area contributed by atoms with Gasteiger partial charge in [-0.2, -0.15) is 18.3 Å². The lowest BCUT2D eigenvalue weighted by molar-refractivity contribution is -0.129. The van der Waals surface area contributed by atoms with Crippen LogP contribution in [0.5, 0.6) is 0 Å². The predicted octanol–water partition coefficient (Wildman–Crippen LogP) is 1.84. The van der Waals surface area contributed by atoms with Gasteiger partial charge in [0.1, 0.15) is 11.1 Å². The molecule has 128 valence electrons. The predicted molar refractivity (Wildman–Crippen MR) is 79.2 cm³/mol. The number of rotatable bonds is 1. The zero-order valence-electron chi connectivity index (χ0n) is 12.1. The number of nitrogens with zero attached hydrogens (tertiary/aromatic N) is 2. The van der Waals surface area contributed by atoms with E-state index in [1.54, 1.807) is 0 Å². The maximum atomic E-state index is 13.3. The maximum Gasteiger partial charge on any atom is 0.404 e. The number of halogens is 3. The van der Waals surface area contributed by atoms with Crippen molar-refractivity contribution in [1.29, 1.82) is 0 Å². The largest absolute Gasteiger partial charge is 0.404 e. The van der Waals surface area contributed by atoms with Gasteiger partial charge in [0, 0.05) is 5.56 Å². The van der Waals surface area contributed by atoms with Crippen LogP contribution in [0.1, 0.15) is 29.0 Å². The molecule has 2 aliphatic heterocycles. The van der Waals surface area contributed by atoms with Gasteiger partial charge in [-0.3, -0.25) is 4.79 Å². The standard InChI is InChI=1S/C12H14F3N3O3S2/c1-6-9-10(12(13,14)15)22-4-8(19)16-11(9)18(17-6)7-2-3-23(20,21)5-7/h7,10H,2-5H2,1H3,(H,16,19)/t7-,10+/m0/s1. The number of hydrogen-bond donors (Lipinski definition) is 1. The van der Waals surface area contributed by atoms with E-state index >= 15 is 0 Å². The van der Waals surface area contributed by atoms with E-state index in [0.29, 0.717) is 11.8 Å². The Balaban J connectivity index is 2.10. The molecule has 3 heterocycles. The average molecular weight is 369 g/mol. The second kappa shape index (κ2) is 5.40. The summed E-state index contributed by atoms with van der Waals surface area (Å²) in [4.78, 5) is 11.8. The zero-order valence-corrected chi connectivity index (χ0v) is 13.7. The molecule has 1 N–H and O–H groups in total. The molecule has 0 unspecified atom stereocenters. The van der Waals surface area contributed by atoms with Crippen molar-refractivity contribution in [3.8, 4) is 0 Å². The van der Waals surface area contributed by atoms with E-state index in [9.17, 15) is 26.4 Å². The molecule has 1 aromatic heterocycles. The first-order valence-corrected chi connectivity index (χ1v) is 9.73. The second-order valence-electron chi connectivity index (χ2n) is 5.63. The van der Waals surface area contributed by atoms with Gasteiger partial charge in [0.05, 0.1) is 29.0 Å². The molecular weight excluding hydrogens is 355 g/mol. The molecule has 1 fully saturated rings. The second-order valence-corrected chi connectivity index (χ2v) is 8.95. The van der Waals surface area contributed by atoms with E-state index in [-0.39, 0.29) is 40.8 Å². The highest BCUT2D eigenvalue weighted by molar-refractivity contribution is 8.00. The van der Waals surface area contributed by atoms with Gasteiger partial charge >= 0.3 is 6.18 Å². The first-order chi connectivity index (χ1) is 10.6. The third-order valence-electron chi connectivity index (χ3n) is 3.88. The molecule has 0 saturated carbocycles. The van der Waals surface area contributed by atoms with Gasteiger partial charge in [-0.25, -0.2) is 13.1 Å². The highest BCUT2D eigenvalue weighted by Crippen LogP contribution is 2.49. The number of aromatic nitrogens is 2. The van der Waals surface area contributed by atoms with E-state index in [2.05, 4.69) is 10.4 Å². The molecular formula is C12H14F3N3O3S2. The SMILES string of the molecule is Cc1nn([C@H]2CCS(=O)(=O)C2)c2c1[C@H](C(F)(F)F)SCC(=O)N2. The van der Waals surface area contributed by atoms with Crippen LogP contribution in [-0.2, 0) is 14.6 Å². The molecule has 1 amide bonds. The zero-order chi connectivity index (χ0) is 17.0. The average Bonchev–Trinajstić information content (AvgIpc) is 2.83. The maximum absolute atomic E-state index is 13.3. The van der Waals surface area contributed by atoms with Crippen LogP contribution in [0.25, 0.3) is 0 Å². The lowest BCUT2D eigenvalue weighted by atomic mass is 10.1. The van der Waals surface area contributed by atoms with Crippen LogP contribution >= 0.6 is 11.8 Å². The molecule has 23 heavy (non-hydrogen) atoms. The van der Waals surface area contributed by atoms with Crippen molar-refractivity contribution in [2.75, 3.05) is 22.6 Å². The Morgan fingerprint density at radius 1 is 1.39 bits per heavy atom. The van der Waals surface area contributed by atoms with Gasteiger partial charge in [0.15, 0.2) is 9.84 Å². The molecule has 2 atom stereocenters. The first-order valence-electron chi connectivity index (χ1n) is 6.86. The molecule has 0 radical (unpaired) electrons. The van der Waals surface area contributed by atoms with Gasteiger partial charge in [-0.05, 0) is 13.3 Å². The molecule has 0 aliphatic carbocycles. The monoisotopic (exact) mass is 369 g/mol. The lowest BCUT2D eigenvalue weighted by Crippen LogP contribution is -2.20. The number of carbonyl (C=O) groups is 1. The summed E-state index contributed by atoms with van der Waals surface area (Å²) in [5.41, 5.74) is 0.0685. The Labute approximate surface area is 134 Å². The van der Waals surface area contributed by atoms with Crippen molar-refractivity contribution in [2.24, 2.45) is 0 Å². The number of fused-ring (bicyclic) bond motifs is 1. The van der Waals surface area contributed by atoms with Crippen LogP contribution in [0.2, 0.25) is 0 Å². The summed E-state index contributed by atoms with van der Waals surface area (Å²) < 4.78 is 64.5. The summed E-state index contributed by atoms with van der Waals surface area (Å²) in [7, 11) is -3.23. The minimum absolute atomic E-state index is 0.0260. The Kier molecular flexibility index (Phi) is 3.90. The molecule has 2 aliphatic rings. The van der Waals surface area contributed by atoms with Gasteiger partial charge in [0.25, 0.3) is 0 Å². The summed E-state index contributed by atoms with van der Waals surface area (Å²) in [6.07, 6.45) is -4.25. The van der Waals surface area contributed by atoms with E-state index in [0.717, 1.165) is 0 Å². The van der Waals surface area contributed by atoms with Crippen molar-refractivity contribution < 1.29 is 26.4 Å². The smallest absolute Gasteiger partial charge is 0.310 e. The molecule has 3 rings (SSSR count). The Hall–Kier alpha value is -1.23. The quantitative estimate of drug-likeness (QED) is 0.817. The molecule has 1 saturated heterocycles. The molecule has 6 nitrogen and oxygen atoms in total. The fraction of sp³-hybridized carbons (Fsp3) is 0.667. The third kappa shape index (κ3) is 3.08. The summed E-state index contributed by atoms with van der Waals surface area (Å²) in [5, 5.41) is 4.71. The molecule has 0 spiro atoms. The fourth-order valence-electron chi connectivity index (χ4n) is 2.90. The van der Waals surface area contributed by atoms with Gasteiger partial charge < -0.3 is 5.32 Å². The van der Waals surface area contributed by atoms with Crippen LogP contribution < -0.4 is 5.32 Å². The van der Waals surface area contributed by atoms with E-state index in [4.69, 9.17) is 0 Å². The number of nitrogens with one attached hydrogen (secondary N) is 1. The van der Waals surface area contributed by atoms with Crippen LogP contribution in [0.4, 0.5) is 19.0 Å². The number of thioether (sulfide) groups is 1. The van der Waals surface area contributed by atoms with Crippen molar-refractivity contribution in [3.05, 3.63) is 11.3 Å². The minimum atomic E-state index is -4.52. The number of carbonyl (C=O) groups excluding carboxylic acids is 1. The van der Waals surface area contributed by atoms with Gasteiger partial charge in [-0.1, -0.05) is 0 Å². The molecule has 11 heteroatoms. The number of aryl methyl sites for hydroxylation is 1. The molecule has 0 aromatic carbocycles. The third-order valence-corrected chi connectivity index (χ3v) is 6.90. The van der Waals surface area contributed by atoms with Crippen LogP contribution in [0, 0.1) is 6.92 Å². The topological polar surface area (TPSA) is 81.1 Å². The van der Waals surface area contributed by atoms with Crippen LogP contribution in [0.3, 0.4) is 0 Å². The summed E-state index contributed by atoms with van der Waals surface area (Å²) in [6, 6.07) is -0.556. The summed E-state index contributed by atoms with van der Waals surface area (Å²) in [6.45, 7) is 1.44. The normalized spacial score (nSPS) is 27.4. The first kappa shape index (κ1) is 16.6. The van der Waals surface area contributed by atoms with Crippen LogP contribution in [0.15, 0.2) is 0 Å². The fourth-order valence-corrected chi connectivity index (χ4v) is 5.62. The van der Waals surface area contributed by atoms with E-state index < -0.39 is 33.2 Å². The van der Waals surface area contributed by atoms with Crippen LogP contribution in [-0.4, -0.2) is 47.5 Å². The van der Waals surface area contributed by atoms with E-state index in [1.165, 1.54) is 11.6 Å². The highest BCUT2D eigenvalue weighted by Gasteiger charge is 2.47. The Morgan fingerprint density at radius 2 is 2.09 bits per heavy atom. The Morgan fingerprint density at radius 3 is 2.65 bits per heavy atom. The minimum Gasteiger partial charge on any atom is -0.310 e. The van der Waals surface area contributed by atoms with Crippen molar-refractivity contribution >= 4 is 33.3 Å².